The average Bonchev–Trinajstić information content (AvgIpc) is 2.40. The fraction of sp³-hybridized carbons (Fsp3) is 0.600. The number of aliphatic hydroxyl groups excluding tert-OH is 1. The maximum absolute atomic E-state index is 9.63. The molecule has 2 nitrogen and oxygen atoms in total. The largest absolute Gasteiger partial charge is 0.394 e. The Bertz CT molecular complexity index is 308. The Hall–Kier alpha value is -0.860. The number of benzene rings is 1. The summed E-state index contributed by atoms with van der Waals surface area (Å²) in [7, 11) is 0. The first kappa shape index (κ1) is 14.2. The first-order chi connectivity index (χ1) is 8.16. The Kier molecular flexibility index (Phi) is 5.66. The van der Waals surface area contributed by atoms with Gasteiger partial charge in [-0.05, 0) is 24.9 Å². The topological polar surface area (TPSA) is 32.3 Å². The van der Waals surface area contributed by atoms with Gasteiger partial charge in [-0.1, -0.05) is 57.0 Å². The van der Waals surface area contributed by atoms with Crippen molar-refractivity contribution in [3.63, 3.8) is 0 Å². The van der Waals surface area contributed by atoms with E-state index in [0.717, 1.165) is 12.1 Å². The molecular formula is C15H25NO. The highest BCUT2D eigenvalue weighted by Crippen LogP contribution is 2.20. The van der Waals surface area contributed by atoms with E-state index < -0.39 is 0 Å². The molecule has 2 N–H and O–H groups in total. The van der Waals surface area contributed by atoms with Crippen LogP contribution in [0.4, 0.5) is 0 Å². The zero-order valence-electron chi connectivity index (χ0n) is 11.2. The summed E-state index contributed by atoms with van der Waals surface area (Å²) in [5, 5.41) is 13.1. The summed E-state index contributed by atoms with van der Waals surface area (Å²) in [6.45, 7) is 7.57. The number of rotatable bonds is 7. The highest BCUT2D eigenvalue weighted by molar-refractivity contribution is 5.23. The summed E-state index contributed by atoms with van der Waals surface area (Å²) < 4.78 is 0. The molecule has 0 aliphatic rings. The van der Waals surface area contributed by atoms with Gasteiger partial charge in [-0.3, -0.25) is 0 Å². The predicted molar refractivity (Wildman–Crippen MR) is 73.0 cm³/mol. The van der Waals surface area contributed by atoms with Gasteiger partial charge in [0.05, 0.1) is 12.1 Å². The molecule has 0 spiro atoms. The zero-order valence-corrected chi connectivity index (χ0v) is 11.2. The van der Waals surface area contributed by atoms with Crippen LogP contribution in [0.1, 0.15) is 39.2 Å². The van der Waals surface area contributed by atoms with Crippen molar-refractivity contribution in [2.24, 2.45) is 5.92 Å². The Labute approximate surface area is 105 Å². The molecule has 0 radical (unpaired) electrons. The number of nitrogens with one attached hydrogen (secondary N) is 1. The van der Waals surface area contributed by atoms with Crippen molar-refractivity contribution in [1.82, 2.24) is 5.32 Å². The van der Waals surface area contributed by atoms with Gasteiger partial charge in [-0.2, -0.15) is 0 Å². The molecule has 2 heteroatoms. The highest BCUT2D eigenvalue weighted by Gasteiger charge is 2.25. The minimum absolute atomic E-state index is 0.122. The van der Waals surface area contributed by atoms with Crippen LogP contribution in [0.3, 0.4) is 0 Å². The fourth-order valence-corrected chi connectivity index (χ4v) is 2.00. The van der Waals surface area contributed by atoms with Gasteiger partial charge in [0.1, 0.15) is 0 Å². The lowest BCUT2D eigenvalue weighted by Gasteiger charge is -2.31. The monoisotopic (exact) mass is 235 g/mol. The van der Waals surface area contributed by atoms with Crippen LogP contribution in [0.15, 0.2) is 30.3 Å². The molecule has 1 aromatic rings. The third-order valence-corrected chi connectivity index (χ3v) is 3.66. The second-order valence-corrected chi connectivity index (χ2v) is 4.92. The second kappa shape index (κ2) is 6.77. The van der Waals surface area contributed by atoms with Gasteiger partial charge in [0.25, 0.3) is 0 Å². The third kappa shape index (κ3) is 3.83. The molecule has 17 heavy (non-hydrogen) atoms. The molecular weight excluding hydrogens is 210 g/mol. The normalized spacial score (nSPS) is 14.9. The highest BCUT2D eigenvalue weighted by atomic mass is 16.3. The van der Waals surface area contributed by atoms with E-state index in [9.17, 15) is 5.11 Å². The molecule has 0 aliphatic carbocycles. The summed E-state index contributed by atoms with van der Waals surface area (Å²) in [5.74, 6) is 0.685. The van der Waals surface area contributed by atoms with Crippen LogP contribution >= 0.6 is 0 Å². The van der Waals surface area contributed by atoms with E-state index in [1.165, 1.54) is 12.8 Å². The van der Waals surface area contributed by atoms with E-state index in [0.29, 0.717) is 5.92 Å². The molecule has 0 aliphatic heterocycles. The van der Waals surface area contributed by atoms with Crippen LogP contribution < -0.4 is 5.32 Å². The van der Waals surface area contributed by atoms with Crippen LogP contribution in [-0.4, -0.2) is 18.3 Å². The summed E-state index contributed by atoms with van der Waals surface area (Å²) in [4.78, 5) is 0. The molecule has 1 rings (SSSR count). The molecule has 1 unspecified atom stereocenters. The molecule has 1 aromatic carbocycles. The quantitative estimate of drug-likeness (QED) is 0.761. The van der Waals surface area contributed by atoms with E-state index in [1.54, 1.807) is 0 Å². The lowest BCUT2D eigenvalue weighted by atomic mass is 9.91. The lowest BCUT2D eigenvalue weighted by Crippen LogP contribution is -2.45. The lowest BCUT2D eigenvalue weighted by molar-refractivity contribution is 0.168. The van der Waals surface area contributed by atoms with Crippen molar-refractivity contribution >= 4 is 0 Å². The van der Waals surface area contributed by atoms with Gasteiger partial charge >= 0.3 is 0 Å². The smallest absolute Gasteiger partial charge is 0.0652 e. The summed E-state index contributed by atoms with van der Waals surface area (Å²) in [6.07, 6.45) is 2.36. The van der Waals surface area contributed by atoms with Gasteiger partial charge in [-0.15, -0.1) is 0 Å². The van der Waals surface area contributed by atoms with Crippen LogP contribution in [0.2, 0.25) is 0 Å². The fourth-order valence-electron chi connectivity index (χ4n) is 2.00. The number of hydrogen-bond acceptors (Lipinski definition) is 2. The SMILES string of the molecule is CCC(CC)CNC(C)(CO)c1ccccc1. The maximum Gasteiger partial charge on any atom is 0.0652 e. The van der Waals surface area contributed by atoms with E-state index >= 15 is 0 Å². The van der Waals surface area contributed by atoms with E-state index in [1.807, 2.05) is 18.2 Å². The van der Waals surface area contributed by atoms with E-state index in [4.69, 9.17) is 0 Å². The maximum atomic E-state index is 9.63. The Morgan fingerprint density at radius 1 is 1.18 bits per heavy atom. The van der Waals surface area contributed by atoms with E-state index in [2.05, 4.69) is 38.2 Å². The van der Waals surface area contributed by atoms with Gasteiger partial charge in [-0.25, -0.2) is 0 Å². The van der Waals surface area contributed by atoms with Crippen LogP contribution in [0, 0.1) is 5.92 Å². The summed E-state index contributed by atoms with van der Waals surface area (Å²) in [5.41, 5.74) is 0.817. The average molecular weight is 235 g/mol. The molecule has 1 atom stereocenters. The molecule has 0 bridgehead atoms. The van der Waals surface area contributed by atoms with Crippen LogP contribution in [-0.2, 0) is 5.54 Å². The van der Waals surface area contributed by atoms with Gasteiger partial charge in [0.15, 0.2) is 0 Å². The summed E-state index contributed by atoms with van der Waals surface area (Å²) in [6, 6.07) is 10.2. The first-order valence-electron chi connectivity index (χ1n) is 6.57. The van der Waals surface area contributed by atoms with Crippen molar-refractivity contribution in [2.75, 3.05) is 13.2 Å². The van der Waals surface area contributed by atoms with Gasteiger partial charge in [0, 0.05) is 0 Å². The van der Waals surface area contributed by atoms with Crippen molar-refractivity contribution in [3.8, 4) is 0 Å². The summed E-state index contributed by atoms with van der Waals surface area (Å²) >= 11 is 0. The number of aliphatic hydroxyl groups is 1. The first-order valence-corrected chi connectivity index (χ1v) is 6.57. The van der Waals surface area contributed by atoms with Crippen molar-refractivity contribution < 1.29 is 5.11 Å². The Morgan fingerprint density at radius 3 is 2.24 bits per heavy atom. The van der Waals surface area contributed by atoms with Gasteiger partial charge in [0.2, 0.25) is 0 Å². The third-order valence-electron chi connectivity index (χ3n) is 3.66. The van der Waals surface area contributed by atoms with Crippen molar-refractivity contribution in [1.29, 1.82) is 0 Å². The molecule has 0 amide bonds. The molecule has 0 saturated heterocycles. The number of hydrogen-bond donors (Lipinski definition) is 2. The van der Waals surface area contributed by atoms with Crippen LogP contribution in [0.5, 0.6) is 0 Å². The standard InChI is InChI=1S/C15H25NO/c1-4-13(5-2)11-16-15(3,12-17)14-9-7-6-8-10-14/h6-10,13,16-17H,4-5,11-12H2,1-3H3. The zero-order chi connectivity index (χ0) is 12.7. The van der Waals surface area contributed by atoms with Crippen LogP contribution in [0.25, 0.3) is 0 Å². The molecule has 0 aromatic heterocycles. The molecule has 0 heterocycles. The van der Waals surface area contributed by atoms with Crippen molar-refractivity contribution in [3.05, 3.63) is 35.9 Å². The molecule has 0 fully saturated rings. The molecule has 96 valence electrons. The molecule has 0 saturated carbocycles. The minimum Gasteiger partial charge on any atom is -0.394 e. The Balaban J connectivity index is 2.69. The Morgan fingerprint density at radius 2 is 1.76 bits per heavy atom. The minimum atomic E-state index is -0.330. The predicted octanol–water partition coefficient (Wildman–Crippen LogP) is 2.92. The van der Waals surface area contributed by atoms with Crippen molar-refractivity contribution in [2.45, 2.75) is 39.2 Å². The van der Waals surface area contributed by atoms with E-state index in [-0.39, 0.29) is 12.1 Å². The van der Waals surface area contributed by atoms with Gasteiger partial charge < -0.3 is 10.4 Å². The second-order valence-electron chi connectivity index (χ2n) is 4.92.